The molecule has 4 fully saturated rings. The number of benzene rings is 3. The summed E-state index contributed by atoms with van der Waals surface area (Å²) in [5, 5.41) is 1.16. The second-order valence-corrected chi connectivity index (χ2v) is 14.3. The number of hydrogen-bond donors (Lipinski definition) is 1. The molecule has 246 valence electrons. The van der Waals surface area contributed by atoms with E-state index in [-0.39, 0.29) is 29.8 Å². The summed E-state index contributed by atoms with van der Waals surface area (Å²) in [6.45, 7) is 3.33. The first kappa shape index (κ1) is 29.4. The van der Waals surface area contributed by atoms with E-state index in [4.69, 9.17) is 15.5 Å². The van der Waals surface area contributed by atoms with Crippen molar-refractivity contribution in [2.45, 2.75) is 50.9 Å². The Bertz CT molecular complexity index is 2090. The summed E-state index contributed by atoms with van der Waals surface area (Å²) >= 11 is 0. The van der Waals surface area contributed by atoms with Crippen LogP contribution in [0.2, 0.25) is 0 Å². The summed E-state index contributed by atoms with van der Waals surface area (Å²) in [4.78, 5) is 36.1. The molecule has 3 atom stereocenters. The van der Waals surface area contributed by atoms with Gasteiger partial charge in [0.05, 0.1) is 18.3 Å². The molecule has 0 spiro atoms. The number of carbonyl (C=O) groups excluding carboxylic acids is 2. The minimum atomic E-state index is -0.418. The van der Waals surface area contributed by atoms with Gasteiger partial charge in [0.25, 0.3) is 11.8 Å². The molecular weight excluding hydrogens is 607 g/mol. The molecule has 2 aliphatic heterocycles. The molecule has 10 heteroatoms. The van der Waals surface area contributed by atoms with Crippen molar-refractivity contribution in [3.63, 3.8) is 0 Å². The molecule has 2 saturated carbocycles. The van der Waals surface area contributed by atoms with E-state index in [1.165, 1.54) is 30.5 Å². The van der Waals surface area contributed by atoms with E-state index in [2.05, 4.69) is 39.5 Å². The van der Waals surface area contributed by atoms with Crippen LogP contribution in [0, 0.1) is 23.6 Å². The molecule has 2 aliphatic carbocycles. The third-order valence-electron chi connectivity index (χ3n) is 11.1. The van der Waals surface area contributed by atoms with Gasteiger partial charge in [0.15, 0.2) is 5.82 Å². The van der Waals surface area contributed by atoms with Gasteiger partial charge in [-0.2, -0.15) is 0 Å². The van der Waals surface area contributed by atoms with Crippen molar-refractivity contribution in [1.29, 1.82) is 0 Å². The smallest absolute Gasteiger partial charge is 0.254 e. The van der Waals surface area contributed by atoms with E-state index >= 15 is 0 Å². The van der Waals surface area contributed by atoms with Crippen molar-refractivity contribution in [3.8, 4) is 17.3 Å². The highest BCUT2D eigenvalue weighted by Crippen LogP contribution is 2.41. The number of carbonyl (C=O) groups is 2. The number of hydrogen-bond acceptors (Lipinski definition) is 5. The number of aromatic nitrogens is 3. The van der Waals surface area contributed by atoms with E-state index in [1.807, 2.05) is 17.0 Å². The van der Waals surface area contributed by atoms with E-state index in [9.17, 15) is 14.0 Å². The van der Waals surface area contributed by atoms with Crippen LogP contribution in [0.3, 0.4) is 0 Å². The van der Waals surface area contributed by atoms with Gasteiger partial charge in [0.1, 0.15) is 17.1 Å². The largest absolute Gasteiger partial charge is 0.494 e. The zero-order valence-electron chi connectivity index (χ0n) is 27.0. The number of rotatable bonds is 8. The van der Waals surface area contributed by atoms with Gasteiger partial charge < -0.3 is 29.4 Å². The molecule has 9 rings (SSSR count). The average molecular weight is 647 g/mol. The van der Waals surface area contributed by atoms with Crippen LogP contribution >= 0.6 is 0 Å². The fourth-order valence-electron chi connectivity index (χ4n) is 8.39. The van der Waals surface area contributed by atoms with Gasteiger partial charge in [-0.15, -0.1) is 0 Å². The maximum Gasteiger partial charge on any atom is 0.254 e. The van der Waals surface area contributed by atoms with Crippen LogP contribution in [0.25, 0.3) is 33.5 Å². The van der Waals surface area contributed by atoms with Crippen LogP contribution in [-0.2, 0) is 13.1 Å². The number of methoxy groups -OCH3 is 1. The number of nitrogens with two attached hydrogens (primary N) is 1. The minimum Gasteiger partial charge on any atom is -0.494 e. The summed E-state index contributed by atoms with van der Waals surface area (Å²) in [5.41, 5.74) is 11.1. The summed E-state index contributed by atoms with van der Waals surface area (Å²) < 4.78 is 24.5. The van der Waals surface area contributed by atoms with E-state index in [0.29, 0.717) is 60.4 Å². The number of amides is 2. The van der Waals surface area contributed by atoms with Crippen molar-refractivity contribution in [3.05, 3.63) is 83.7 Å². The number of imidazole rings is 1. The lowest BCUT2D eigenvalue weighted by Gasteiger charge is -2.39. The van der Waals surface area contributed by atoms with Gasteiger partial charge in [0.2, 0.25) is 0 Å². The lowest BCUT2D eigenvalue weighted by atomic mass is 9.98. The molecular formula is C38H39FN6O3. The van der Waals surface area contributed by atoms with Crippen LogP contribution in [0.1, 0.15) is 46.4 Å². The van der Waals surface area contributed by atoms with Crippen molar-refractivity contribution < 1.29 is 18.7 Å². The highest BCUT2D eigenvalue weighted by molar-refractivity contribution is 6.01. The molecule has 9 nitrogen and oxygen atoms in total. The fraction of sp³-hybridized carbons (Fsp3) is 0.395. The van der Waals surface area contributed by atoms with E-state index in [0.717, 1.165) is 41.8 Å². The third-order valence-corrected chi connectivity index (χ3v) is 11.1. The first-order valence-corrected chi connectivity index (χ1v) is 17.1. The molecule has 3 aromatic carbocycles. The Morgan fingerprint density at radius 3 is 2.42 bits per heavy atom. The monoisotopic (exact) mass is 646 g/mol. The molecule has 2 bridgehead atoms. The average Bonchev–Trinajstić information content (AvgIpc) is 3.43. The van der Waals surface area contributed by atoms with Crippen molar-refractivity contribution in [2.75, 3.05) is 26.7 Å². The molecule has 0 unspecified atom stereocenters. The number of piperidine rings is 1. The maximum absolute atomic E-state index is 13.9. The lowest BCUT2D eigenvalue weighted by molar-refractivity contribution is 0.0471. The maximum atomic E-state index is 13.9. The van der Waals surface area contributed by atoms with Crippen LogP contribution in [0.15, 0.2) is 66.7 Å². The highest BCUT2D eigenvalue weighted by atomic mass is 19.1. The Morgan fingerprint density at radius 2 is 1.69 bits per heavy atom. The Hall–Kier alpha value is -4.70. The fourth-order valence-corrected chi connectivity index (χ4v) is 8.39. The van der Waals surface area contributed by atoms with Crippen molar-refractivity contribution in [1.82, 2.24) is 23.9 Å². The number of para-hydroxylation sites is 1. The van der Waals surface area contributed by atoms with Crippen molar-refractivity contribution >= 4 is 33.8 Å². The summed E-state index contributed by atoms with van der Waals surface area (Å²) in [7, 11) is 1.64. The molecule has 2 amide bonds. The number of ether oxygens (including phenoxy) is 1. The number of likely N-dealkylation sites (tertiary alicyclic amines) is 2. The molecule has 2 saturated heterocycles. The standard InChI is InChI=1S/C38H39FN6O3/c1-48-33-16-27(38(47)44-21-26-11-12-31(44)34(26)40)14-29-35(33)45(20-23-17-42(18-23)37(46)25-6-4-7-28(39)13-25)36(41-29)32-15-24-5-2-3-8-30(24)43(32)19-22-9-10-22/h2-8,13-16,22-23,26,31,34H,9-12,17-21,40H2,1H3/t26-,31-,34-/m1/s1. The van der Waals surface area contributed by atoms with Crippen molar-refractivity contribution in [2.24, 2.45) is 23.5 Å². The van der Waals surface area contributed by atoms with Gasteiger partial charge in [-0.3, -0.25) is 9.59 Å². The SMILES string of the molecule is COc1cc(C(=O)N2C[C@H]3CC[C@@H]2[C@@H]3N)cc2nc(-c3cc4ccccc4n3CC3CC3)n(CC3CN(C(=O)c4cccc(F)c4)C3)c12. The lowest BCUT2D eigenvalue weighted by Crippen LogP contribution is -2.51. The highest BCUT2D eigenvalue weighted by Gasteiger charge is 2.47. The van der Waals surface area contributed by atoms with E-state index < -0.39 is 5.82 Å². The van der Waals surface area contributed by atoms with Gasteiger partial charge in [-0.1, -0.05) is 24.3 Å². The summed E-state index contributed by atoms with van der Waals surface area (Å²) in [6.07, 6.45) is 4.47. The Morgan fingerprint density at radius 1 is 0.875 bits per heavy atom. The van der Waals surface area contributed by atoms with Gasteiger partial charge in [0, 0.05) is 72.8 Å². The molecule has 0 radical (unpaired) electrons. The topological polar surface area (TPSA) is 98.6 Å². The van der Waals surface area contributed by atoms with E-state index in [1.54, 1.807) is 24.1 Å². The zero-order chi connectivity index (χ0) is 32.7. The molecule has 2 aromatic heterocycles. The Balaban J connectivity index is 1.12. The predicted molar refractivity (Wildman–Crippen MR) is 181 cm³/mol. The first-order valence-electron chi connectivity index (χ1n) is 17.1. The van der Waals surface area contributed by atoms with Crippen LogP contribution in [-0.4, -0.2) is 74.6 Å². The summed E-state index contributed by atoms with van der Waals surface area (Å²) in [5.74, 6) is 1.98. The predicted octanol–water partition coefficient (Wildman–Crippen LogP) is 5.55. The van der Waals surface area contributed by atoms with Gasteiger partial charge in [-0.25, -0.2) is 9.37 Å². The second kappa shape index (κ2) is 11.2. The molecule has 48 heavy (non-hydrogen) atoms. The third kappa shape index (κ3) is 4.79. The number of halogens is 1. The Labute approximate surface area is 278 Å². The summed E-state index contributed by atoms with van der Waals surface area (Å²) in [6, 6.07) is 20.4. The Kier molecular flexibility index (Phi) is 6.86. The molecule has 2 N–H and O–H groups in total. The number of nitrogens with zero attached hydrogens (tertiary/aromatic N) is 5. The molecule has 5 aromatic rings. The molecule has 4 aliphatic rings. The molecule has 4 heterocycles. The van der Waals surface area contributed by atoms with Gasteiger partial charge >= 0.3 is 0 Å². The second-order valence-electron chi connectivity index (χ2n) is 14.3. The van der Waals surface area contributed by atoms with Gasteiger partial charge in [-0.05, 0) is 80.0 Å². The quantitative estimate of drug-likeness (QED) is 0.239. The number of fused-ring (bicyclic) bond motifs is 4. The minimum absolute atomic E-state index is 0.0257. The van der Waals surface area contributed by atoms with Crippen LogP contribution < -0.4 is 10.5 Å². The van der Waals surface area contributed by atoms with Crippen LogP contribution in [0.4, 0.5) is 4.39 Å². The normalized spacial score (nSPS) is 22.2. The first-order chi connectivity index (χ1) is 23.4. The van der Waals surface area contributed by atoms with Crippen LogP contribution in [0.5, 0.6) is 5.75 Å². The zero-order valence-corrected chi connectivity index (χ0v) is 27.0.